The molecule has 0 unspecified atom stereocenters. The molecule has 6 nitrogen and oxygen atoms in total. The molecule has 0 saturated heterocycles. The highest BCUT2D eigenvalue weighted by Crippen LogP contribution is 2.27. The van der Waals surface area contributed by atoms with Crippen molar-refractivity contribution in [1.29, 1.82) is 0 Å². The Hall–Kier alpha value is -2.25. The Morgan fingerprint density at radius 1 is 1.33 bits per heavy atom. The summed E-state index contributed by atoms with van der Waals surface area (Å²) >= 11 is 7.91. The number of thioether (sulfide) groups is 1. The lowest BCUT2D eigenvalue weighted by molar-refractivity contribution is 0.340. The molecular formula is C16H14ClN5OS. The number of ether oxygens (including phenoxy) is 1. The summed E-state index contributed by atoms with van der Waals surface area (Å²) in [5, 5.41) is 1.40. The van der Waals surface area contributed by atoms with Gasteiger partial charge in [-0.05, 0) is 25.1 Å². The van der Waals surface area contributed by atoms with Crippen molar-refractivity contribution in [2.75, 3.05) is 6.61 Å². The fourth-order valence-electron chi connectivity index (χ4n) is 2.42. The molecule has 0 spiro atoms. The largest absolute Gasteiger partial charge is 0.494 e. The van der Waals surface area contributed by atoms with Crippen LogP contribution in [-0.2, 0) is 5.75 Å². The SMILES string of the molecule is CCOc1ccc2nc(SCc3nc4ncccn4c3Cl)[nH]c2c1. The predicted octanol–water partition coefficient (Wildman–Crippen LogP) is 3.95. The smallest absolute Gasteiger partial charge is 0.235 e. The van der Waals surface area contributed by atoms with Gasteiger partial charge in [-0.3, -0.25) is 4.40 Å². The van der Waals surface area contributed by atoms with E-state index in [1.165, 1.54) is 0 Å². The number of aromatic nitrogens is 5. The van der Waals surface area contributed by atoms with Gasteiger partial charge >= 0.3 is 0 Å². The Morgan fingerprint density at radius 2 is 2.25 bits per heavy atom. The Kier molecular flexibility index (Phi) is 4.03. The number of nitrogens with one attached hydrogen (secondary N) is 1. The summed E-state index contributed by atoms with van der Waals surface area (Å²) in [5.74, 6) is 2.05. The monoisotopic (exact) mass is 359 g/mol. The third-order valence-corrected chi connectivity index (χ3v) is 4.78. The molecule has 8 heteroatoms. The third kappa shape index (κ3) is 2.81. The first-order valence-electron chi connectivity index (χ1n) is 7.47. The summed E-state index contributed by atoms with van der Waals surface area (Å²) in [6, 6.07) is 7.65. The van der Waals surface area contributed by atoms with Crippen molar-refractivity contribution in [1.82, 2.24) is 24.3 Å². The minimum atomic E-state index is 0.584. The lowest BCUT2D eigenvalue weighted by Crippen LogP contribution is -1.90. The van der Waals surface area contributed by atoms with Gasteiger partial charge in [0, 0.05) is 24.2 Å². The third-order valence-electron chi connectivity index (χ3n) is 3.50. The lowest BCUT2D eigenvalue weighted by atomic mass is 10.3. The highest BCUT2D eigenvalue weighted by Gasteiger charge is 2.12. The zero-order valence-corrected chi connectivity index (χ0v) is 14.4. The second-order valence-corrected chi connectivity index (χ2v) is 6.40. The van der Waals surface area contributed by atoms with Crippen LogP contribution in [0, 0.1) is 0 Å². The number of hydrogen-bond donors (Lipinski definition) is 1. The maximum atomic E-state index is 6.36. The molecule has 0 fully saturated rings. The minimum Gasteiger partial charge on any atom is -0.494 e. The summed E-state index contributed by atoms with van der Waals surface area (Å²) in [7, 11) is 0. The molecule has 3 heterocycles. The molecule has 0 aliphatic heterocycles. The lowest BCUT2D eigenvalue weighted by Gasteiger charge is -2.00. The number of hydrogen-bond acceptors (Lipinski definition) is 5. The molecule has 0 radical (unpaired) electrons. The maximum Gasteiger partial charge on any atom is 0.235 e. The van der Waals surface area contributed by atoms with Gasteiger partial charge in [0.15, 0.2) is 5.16 Å². The number of H-pyrrole nitrogens is 1. The average molecular weight is 360 g/mol. The van der Waals surface area contributed by atoms with Crippen molar-refractivity contribution in [2.45, 2.75) is 17.8 Å². The Balaban J connectivity index is 1.56. The standard InChI is InChI=1S/C16H14ClN5OS/c1-2-23-10-4-5-11-12(8-10)21-16(20-11)24-9-13-14(17)22-7-3-6-18-15(22)19-13/h3-8H,2,9H2,1H3,(H,20,21). The molecule has 0 amide bonds. The van der Waals surface area contributed by atoms with E-state index in [0.29, 0.717) is 23.3 Å². The van der Waals surface area contributed by atoms with Gasteiger partial charge in [0.05, 0.1) is 23.3 Å². The van der Waals surface area contributed by atoms with Crippen LogP contribution < -0.4 is 4.74 Å². The summed E-state index contributed by atoms with van der Waals surface area (Å²) in [5.41, 5.74) is 2.64. The zero-order valence-electron chi connectivity index (χ0n) is 12.9. The topological polar surface area (TPSA) is 68.1 Å². The van der Waals surface area contributed by atoms with Crippen molar-refractivity contribution in [2.24, 2.45) is 0 Å². The molecule has 0 aliphatic carbocycles. The molecule has 3 aromatic heterocycles. The van der Waals surface area contributed by atoms with E-state index in [9.17, 15) is 0 Å². The highest BCUT2D eigenvalue weighted by atomic mass is 35.5. The van der Waals surface area contributed by atoms with Gasteiger partial charge in [-0.1, -0.05) is 23.4 Å². The van der Waals surface area contributed by atoms with E-state index in [0.717, 1.165) is 27.6 Å². The van der Waals surface area contributed by atoms with E-state index in [-0.39, 0.29) is 0 Å². The van der Waals surface area contributed by atoms with E-state index < -0.39 is 0 Å². The summed E-state index contributed by atoms with van der Waals surface area (Å²) < 4.78 is 7.28. The fourth-order valence-corrected chi connectivity index (χ4v) is 3.56. The van der Waals surface area contributed by atoms with E-state index in [1.54, 1.807) is 22.4 Å². The van der Waals surface area contributed by atoms with Crippen molar-refractivity contribution >= 4 is 40.2 Å². The maximum absolute atomic E-state index is 6.36. The van der Waals surface area contributed by atoms with E-state index in [2.05, 4.69) is 19.9 Å². The van der Waals surface area contributed by atoms with Crippen LogP contribution in [-0.4, -0.2) is 30.9 Å². The first kappa shape index (κ1) is 15.3. The van der Waals surface area contributed by atoms with Crippen molar-refractivity contribution < 1.29 is 4.74 Å². The number of halogens is 1. The second-order valence-electron chi connectivity index (χ2n) is 5.08. The normalized spacial score (nSPS) is 11.4. The van der Waals surface area contributed by atoms with Gasteiger partial charge in [0.2, 0.25) is 5.78 Å². The van der Waals surface area contributed by atoms with Crippen LogP contribution in [0.25, 0.3) is 16.8 Å². The van der Waals surface area contributed by atoms with Crippen LogP contribution in [0.2, 0.25) is 5.15 Å². The molecule has 1 aromatic carbocycles. The van der Waals surface area contributed by atoms with Gasteiger partial charge in [0.25, 0.3) is 0 Å². The molecule has 4 aromatic rings. The quantitative estimate of drug-likeness (QED) is 0.546. The summed E-state index contributed by atoms with van der Waals surface area (Å²) in [6.45, 7) is 2.60. The Bertz CT molecular complexity index is 1010. The second kappa shape index (κ2) is 6.33. The number of nitrogens with zero attached hydrogens (tertiary/aromatic N) is 4. The van der Waals surface area contributed by atoms with Crippen LogP contribution in [0.1, 0.15) is 12.6 Å². The number of imidazole rings is 2. The van der Waals surface area contributed by atoms with Crippen LogP contribution in [0.4, 0.5) is 0 Å². The first-order valence-corrected chi connectivity index (χ1v) is 8.84. The van der Waals surface area contributed by atoms with Gasteiger partial charge in [0.1, 0.15) is 10.9 Å². The number of rotatable bonds is 5. The fraction of sp³-hybridized carbons (Fsp3) is 0.188. The van der Waals surface area contributed by atoms with E-state index >= 15 is 0 Å². The number of fused-ring (bicyclic) bond motifs is 2. The number of benzene rings is 1. The molecule has 122 valence electrons. The van der Waals surface area contributed by atoms with Gasteiger partial charge < -0.3 is 9.72 Å². The molecule has 24 heavy (non-hydrogen) atoms. The number of aromatic amines is 1. The van der Waals surface area contributed by atoms with Gasteiger partial charge in [-0.25, -0.2) is 15.0 Å². The van der Waals surface area contributed by atoms with Crippen LogP contribution >= 0.6 is 23.4 Å². The van der Waals surface area contributed by atoms with Crippen LogP contribution in [0.5, 0.6) is 5.75 Å². The van der Waals surface area contributed by atoms with Gasteiger partial charge in [-0.15, -0.1) is 0 Å². The van der Waals surface area contributed by atoms with Crippen LogP contribution in [0.3, 0.4) is 0 Å². The average Bonchev–Trinajstić information content (AvgIpc) is 3.14. The van der Waals surface area contributed by atoms with Gasteiger partial charge in [-0.2, -0.15) is 0 Å². The molecule has 0 bridgehead atoms. The van der Waals surface area contributed by atoms with E-state index in [4.69, 9.17) is 16.3 Å². The molecule has 0 atom stereocenters. The molecule has 1 N–H and O–H groups in total. The Morgan fingerprint density at radius 3 is 3.08 bits per heavy atom. The Labute approximate surface area is 147 Å². The summed E-state index contributed by atoms with van der Waals surface area (Å²) in [4.78, 5) is 16.5. The van der Waals surface area contributed by atoms with Crippen LogP contribution in [0.15, 0.2) is 41.8 Å². The summed E-state index contributed by atoms with van der Waals surface area (Å²) in [6.07, 6.45) is 3.55. The van der Waals surface area contributed by atoms with Crippen molar-refractivity contribution in [3.63, 3.8) is 0 Å². The van der Waals surface area contributed by atoms with Crippen molar-refractivity contribution in [3.8, 4) is 5.75 Å². The minimum absolute atomic E-state index is 0.584. The molecule has 0 saturated carbocycles. The molecular weight excluding hydrogens is 346 g/mol. The predicted molar refractivity (Wildman–Crippen MR) is 94.8 cm³/mol. The van der Waals surface area contributed by atoms with Crippen molar-refractivity contribution in [3.05, 3.63) is 47.5 Å². The zero-order chi connectivity index (χ0) is 16.5. The molecule has 4 rings (SSSR count). The molecule has 0 aliphatic rings. The van der Waals surface area contributed by atoms with E-state index in [1.807, 2.05) is 37.4 Å². The highest BCUT2D eigenvalue weighted by molar-refractivity contribution is 7.98. The first-order chi connectivity index (χ1) is 11.7.